The molecule has 8 heteroatoms. The lowest BCUT2D eigenvalue weighted by molar-refractivity contribution is 0.391. The lowest BCUT2D eigenvalue weighted by Crippen LogP contribution is -2.08. The van der Waals surface area contributed by atoms with Crippen LogP contribution in [0.25, 0.3) is 21.8 Å². The second kappa shape index (κ2) is 6.90. The molecule has 0 fully saturated rings. The molecule has 0 aliphatic carbocycles. The summed E-state index contributed by atoms with van der Waals surface area (Å²) < 4.78 is 7.20. The van der Waals surface area contributed by atoms with E-state index in [4.69, 9.17) is 10.3 Å². The summed E-state index contributed by atoms with van der Waals surface area (Å²) in [6.07, 6.45) is 3.87. The van der Waals surface area contributed by atoms with Gasteiger partial charge in [-0.3, -0.25) is 4.98 Å². The fourth-order valence-corrected chi connectivity index (χ4v) is 3.45. The molecule has 0 saturated heterocycles. The van der Waals surface area contributed by atoms with Gasteiger partial charge in [0.15, 0.2) is 5.82 Å². The number of nitrogens with zero attached hydrogens (tertiary/aromatic N) is 5. The first-order valence-electron chi connectivity index (χ1n) is 9.28. The van der Waals surface area contributed by atoms with Crippen LogP contribution in [0.15, 0.2) is 59.4 Å². The maximum Gasteiger partial charge on any atom is 0.222 e. The molecular weight excluding hydrogens is 366 g/mol. The highest BCUT2D eigenvalue weighted by atomic mass is 16.5. The molecule has 3 N–H and O–H groups in total. The number of hydrogen-bond acceptors (Lipinski definition) is 7. The number of rotatable bonds is 5. The highest BCUT2D eigenvalue weighted by molar-refractivity contribution is 5.87. The van der Waals surface area contributed by atoms with Gasteiger partial charge in [0.25, 0.3) is 0 Å². The lowest BCUT2D eigenvalue weighted by Gasteiger charge is -2.11. The van der Waals surface area contributed by atoms with Crippen molar-refractivity contribution in [3.8, 4) is 0 Å². The minimum Gasteiger partial charge on any atom is -0.368 e. The normalized spacial score (nSPS) is 11.3. The molecule has 0 radical (unpaired) electrons. The highest BCUT2D eigenvalue weighted by Gasteiger charge is 2.13. The molecule has 0 saturated carbocycles. The SMILES string of the molecule is Cc1cc(CNc2nc(N)nc3ccn(Cc4cc5ccccc5cn4)c23)no1. The van der Waals surface area contributed by atoms with Gasteiger partial charge in [0, 0.05) is 23.8 Å². The summed E-state index contributed by atoms with van der Waals surface area (Å²) in [7, 11) is 0. The number of nitrogens with two attached hydrogens (primary N) is 1. The van der Waals surface area contributed by atoms with E-state index in [0.29, 0.717) is 18.9 Å². The average Bonchev–Trinajstić information content (AvgIpc) is 3.32. The van der Waals surface area contributed by atoms with Gasteiger partial charge in [-0.1, -0.05) is 29.4 Å². The Bertz CT molecular complexity index is 1320. The summed E-state index contributed by atoms with van der Waals surface area (Å²) in [5.41, 5.74) is 9.30. The van der Waals surface area contributed by atoms with Crippen molar-refractivity contribution in [3.05, 3.63) is 72.0 Å². The Hall–Kier alpha value is -3.94. The molecule has 0 aliphatic heterocycles. The van der Waals surface area contributed by atoms with Crippen molar-refractivity contribution in [1.82, 2.24) is 24.7 Å². The van der Waals surface area contributed by atoms with Gasteiger partial charge in [0.05, 0.1) is 24.3 Å². The number of pyridine rings is 1. The molecule has 0 amide bonds. The molecule has 4 heterocycles. The third-order valence-corrected chi connectivity index (χ3v) is 4.76. The van der Waals surface area contributed by atoms with Crippen molar-refractivity contribution in [1.29, 1.82) is 0 Å². The summed E-state index contributed by atoms with van der Waals surface area (Å²) in [6, 6.07) is 14.1. The van der Waals surface area contributed by atoms with Gasteiger partial charge in [-0.2, -0.15) is 4.98 Å². The molecule has 1 aromatic carbocycles. The van der Waals surface area contributed by atoms with Crippen molar-refractivity contribution in [2.45, 2.75) is 20.0 Å². The fraction of sp³-hybridized carbons (Fsp3) is 0.143. The summed E-state index contributed by atoms with van der Waals surface area (Å²) in [4.78, 5) is 13.4. The minimum absolute atomic E-state index is 0.220. The number of fused-ring (bicyclic) bond motifs is 2. The zero-order valence-electron chi connectivity index (χ0n) is 15.8. The molecule has 0 aliphatic rings. The molecule has 29 heavy (non-hydrogen) atoms. The van der Waals surface area contributed by atoms with Crippen molar-refractivity contribution >= 4 is 33.6 Å². The Kier molecular flexibility index (Phi) is 4.09. The average molecular weight is 385 g/mol. The van der Waals surface area contributed by atoms with Gasteiger partial charge in [-0.15, -0.1) is 0 Å². The quantitative estimate of drug-likeness (QED) is 0.476. The monoisotopic (exact) mass is 385 g/mol. The maximum absolute atomic E-state index is 5.90. The second-order valence-electron chi connectivity index (χ2n) is 6.91. The van der Waals surface area contributed by atoms with Crippen LogP contribution < -0.4 is 11.1 Å². The van der Waals surface area contributed by atoms with Gasteiger partial charge in [-0.05, 0) is 24.4 Å². The summed E-state index contributed by atoms with van der Waals surface area (Å²) in [6.45, 7) is 2.93. The first-order chi connectivity index (χ1) is 14.2. The number of anilines is 2. The molecule has 5 aromatic rings. The standard InChI is InChI=1S/C21H19N7O/c1-13-8-16(27-29-13)11-24-20-19-18(25-21(22)26-20)6-7-28(19)12-17-9-14-4-2-3-5-15(14)10-23-17/h2-10H,11-12H2,1H3,(H3,22,24,25,26). The van der Waals surface area contributed by atoms with Gasteiger partial charge >= 0.3 is 0 Å². The van der Waals surface area contributed by atoms with E-state index >= 15 is 0 Å². The smallest absolute Gasteiger partial charge is 0.222 e. The van der Waals surface area contributed by atoms with E-state index in [1.807, 2.05) is 43.6 Å². The summed E-state index contributed by atoms with van der Waals surface area (Å²) in [5.74, 6) is 1.64. The van der Waals surface area contributed by atoms with Crippen LogP contribution in [0.1, 0.15) is 17.1 Å². The number of hydrogen-bond donors (Lipinski definition) is 2. The van der Waals surface area contributed by atoms with Crippen molar-refractivity contribution < 1.29 is 4.52 Å². The molecule has 8 nitrogen and oxygen atoms in total. The van der Waals surface area contributed by atoms with Crippen molar-refractivity contribution in [3.63, 3.8) is 0 Å². The number of benzene rings is 1. The van der Waals surface area contributed by atoms with E-state index in [1.165, 1.54) is 0 Å². The predicted octanol–water partition coefficient (Wildman–Crippen LogP) is 3.52. The van der Waals surface area contributed by atoms with Gasteiger partial charge in [0.2, 0.25) is 5.95 Å². The van der Waals surface area contributed by atoms with E-state index < -0.39 is 0 Å². The Balaban J connectivity index is 1.49. The number of aromatic nitrogens is 5. The van der Waals surface area contributed by atoms with Crippen LogP contribution in [0, 0.1) is 6.92 Å². The molecule has 144 valence electrons. The molecular formula is C21H19N7O. The van der Waals surface area contributed by atoms with Crippen LogP contribution >= 0.6 is 0 Å². The van der Waals surface area contributed by atoms with Crippen LogP contribution in [0.2, 0.25) is 0 Å². The van der Waals surface area contributed by atoms with Gasteiger partial charge in [-0.25, -0.2) is 4.98 Å². The molecule has 0 bridgehead atoms. The largest absolute Gasteiger partial charge is 0.368 e. The summed E-state index contributed by atoms with van der Waals surface area (Å²) in [5, 5.41) is 9.60. The number of aryl methyl sites for hydroxylation is 1. The second-order valence-corrected chi connectivity index (χ2v) is 6.91. The predicted molar refractivity (Wildman–Crippen MR) is 111 cm³/mol. The molecule has 4 aromatic heterocycles. The van der Waals surface area contributed by atoms with E-state index in [1.54, 1.807) is 0 Å². The van der Waals surface area contributed by atoms with Crippen LogP contribution in [0.5, 0.6) is 0 Å². The Morgan fingerprint density at radius 3 is 2.76 bits per heavy atom. The zero-order chi connectivity index (χ0) is 19.8. The lowest BCUT2D eigenvalue weighted by atomic mass is 10.1. The Morgan fingerprint density at radius 1 is 1.07 bits per heavy atom. The van der Waals surface area contributed by atoms with Gasteiger partial charge in [0.1, 0.15) is 17.0 Å². The first-order valence-corrected chi connectivity index (χ1v) is 9.28. The molecule has 5 rings (SSSR count). The highest BCUT2D eigenvalue weighted by Crippen LogP contribution is 2.24. The summed E-state index contributed by atoms with van der Waals surface area (Å²) >= 11 is 0. The molecule has 0 unspecified atom stereocenters. The zero-order valence-corrected chi connectivity index (χ0v) is 15.8. The first kappa shape index (κ1) is 17.2. The fourth-order valence-electron chi connectivity index (χ4n) is 3.45. The van der Waals surface area contributed by atoms with Crippen LogP contribution in [0.4, 0.5) is 11.8 Å². The van der Waals surface area contributed by atoms with E-state index in [-0.39, 0.29) is 5.95 Å². The van der Waals surface area contributed by atoms with Crippen molar-refractivity contribution in [2.75, 3.05) is 11.1 Å². The maximum atomic E-state index is 5.90. The van der Waals surface area contributed by atoms with E-state index in [2.05, 4.69) is 48.2 Å². The van der Waals surface area contributed by atoms with E-state index in [9.17, 15) is 0 Å². The molecule has 0 spiro atoms. The van der Waals surface area contributed by atoms with E-state index in [0.717, 1.165) is 39.0 Å². The van der Waals surface area contributed by atoms with Gasteiger partial charge < -0.3 is 20.1 Å². The van der Waals surface area contributed by atoms with Crippen molar-refractivity contribution in [2.24, 2.45) is 0 Å². The number of nitrogens with one attached hydrogen (secondary N) is 1. The topological polar surface area (TPSA) is 108 Å². The number of nitrogen functional groups attached to an aromatic ring is 1. The van der Waals surface area contributed by atoms with Crippen LogP contribution in [0.3, 0.4) is 0 Å². The Morgan fingerprint density at radius 2 is 1.93 bits per heavy atom. The van der Waals surface area contributed by atoms with Crippen LogP contribution in [-0.2, 0) is 13.1 Å². The van der Waals surface area contributed by atoms with Crippen LogP contribution in [-0.4, -0.2) is 24.7 Å². The third kappa shape index (κ3) is 3.36. The Labute approximate surface area is 166 Å². The third-order valence-electron chi connectivity index (χ3n) is 4.76. The minimum atomic E-state index is 0.220. The molecule has 0 atom stereocenters.